The van der Waals surface area contributed by atoms with E-state index in [4.69, 9.17) is 5.11 Å². The minimum atomic E-state index is -0.445. The van der Waals surface area contributed by atoms with Gasteiger partial charge in [-0.25, -0.2) is 0 Å². The number of nitro benzene ring substituents is 1. The molecule has 0 fully saturated rings. The summed E-state index contributed by atoms with van der Waals surface area (Å²) in [5.41, 5.74) is 2.23. The summed E-state index contributed by atoms with van der Waals surface area (Å²) >= 11 is 0. The highest BCUT2D eigenvalue weighted by molar-refractivity contribution is 5.90. The van der Waals surface area contributed by atoms with Crippen LogP contribution in [0, 0.1) is 10.1 Å². The molecular formula is C17H19N3O4. The molecule has 0 aliphatic carbocycles. The number of carbonyl (C=O) groups excluding carboxylic acids is 1. The second-order valence-electron chi connectivity index (χ2n) is 5.24. The van der Waals surface area contributed by atoms with Gasteiger partial charge in [0.25, 0.3) is 5.69 Å². The average molecular weight is 329 g/mol. The number of amides is 1. The molecule has 2 aromatic carbocycles. The summed E-state index contributed by atoms with van der Waals surface area (Å²) in [7, 11) is 0. The molecule has 24 heavy (non-hydrogen) atoms. The molecule has 0 radical (unpaired) electrons. The van der Waals surface area contributed by atoms with Crippen molar-refractivity contribution in [2.75, 3.05) is 17.2 Å². The minimum absolute atomic E-state index is 0.0463. The third-order valence-electron chi connectivity index (χ3n) is 3.38. The molecule has 0 bridgehead atoms. The lowest BCUT2D eigenvalue weighted by molar-refractivity contribution is -0.384. The molecule has 0 atom stereocenters. The van der Waals surface area contributed by atoms with Gasteiger partial charge in [-0.05, 0) is 36.2 Å². The second kappa shape index (κ2) is 8.64. The SMILES string of the molecule is O=C(CCCNc1ccc([N+](=O)[O-])cc1)Nc1cccc(CO)c1. The van der Waals surface area contributed by atoms with Gasteiger partial charge in [-0.2, -0.15) is 0 Å². The van der Waals surface area contributed by atoms with Gasteiger partial charge in [0.2, 0.25) is 5.91 Å². The molecule has 0 saturated carbocycles. The van der Waals surface area contributed by atoms with Crippen molar-refractivity contribution in [2.24, 2.45) is 0 Å². The molecule has 3 N–H and O–H groups in total. The molecular weight excluding hydrogens is 310 g/mol. The first-order chi connectivity index (χ1) is 11.6. The molecule has 0 spiro atoms. The first-order valence-electron chi connectivity index (χ1n) is 7.56. The number of hydrogen-bond acceptors (Lipinski definition) is 5. The molecule has 0 heterocycles. The van der Waals surface area contributed by atoms with Gasteiger partial charge in [0.15, 0.2) is 0 Å². The maximum Gasteiger partial charge on any atom is 0.269 e. The van der Waals surface area contributed by atoms with Crippen LogP contribution in [0.1, 0.15) is 18.4 Å². The van der Waals surface area contributed by atoms with Crippen LogP contribution >= 0.6 is 0 Å². The zero-order chi connectivity index (χ0) is 17.4. The molecule has 0 aromatic heterocycles. The number of anilines is 2. The molecule has 2 rings (SSSR count). The number of aliphatic hydroxyl groups is 1. The Morgan fingerprint density at radius 1 is 1.12 bits per heavy atom. The summed E-state index contributed by atoms with van der Waals surface area (Å²) < 4.78 is 0. The van der Waals surface area contributed by atoms with Crippen molar-refractivity contribution in [1.82, 2.24) is 0 Å². The van der Waals surface area contributed by atoms with Crippen LogP contribution in [0.4, 0.5) is 17.1 Å². The topological polar surface area (TPSA) is 104 Å². The van der Waals surface area contributed by atoms with Gasteiger partial charge in [0.1, 0.15) is 0 Å². The van der Waals surface area contributed by atoms with E-state index in [0.717, 1.165) is 11.3 Å². The number of aliphatic hydroxyl groups excluding tert-OH is 1. The van der Waals surface area contributed by atoms with Gasteiger partial charge in [-0.15, -0.1) is 0 Å². The highest BCUT2D eigenvalue weighted by atomic mass is 16.6. The molecule has 7 nitrogen and oxygen atoms in total. The lowest BCUT2D eigenvalue weighted by atomic mass is 10.2. The van der Waals surface area contributed by atoms with Crippen LogP contribution in [0.15, 0.2) is 48.5 Å². The van der Waals surface area contributed by atoms with Crippen LogP contribution in [0.2, 0.25) is 0 Å². The lowest BCUT2D eigenvalue weighted by Crippen LogP contribution is -2.13. The number of carbonyl (C=O) groups is 1. The van der Waals surface area contributed by atoms with Crippen molar-refractivity contribution in [1.29, 1.82) is 0 Å². The summed E-state index contributed by atoms with van der Waals surface area (Å²) in [6.07, 6.45) is 0.978. The van der Waals surface area contributed by atoms with Gasteiger partial charge >= 0.3 is 0 Å². The Bertz CT molecular complexity index is 701. The zero-order valence-corrected chi connectivity index (χ0v) is 13.1. The van der Waals surface area contributed by atoms with Crippen molar-refractivity contribution >= 4 is 23.0 Å². The van der Waals surface area contributed by atoms with Gasteiger partial charge in [-0.3, -0.25) is 14.9 Å². The predicted octanol–water partition coefficient (Wildman–Crippen LogP) is 2.92. The molecule has 0 aliphatic heterocycles. The zero-order valence-electron chi connectivity index (χ0n) is 13.1. The van der Waals surface area contributed by atoms with Crippen LogP contribution in [0.3, 0.4) is 0 Å². The number of non-ortho nitro benzene ring substituents is 1. The number of hydrogen-bond donors (Lipinski definition) is 3. The first kappa shape index (κ1) is 17.4. The lowest BCUT2D eigenvalue weighted by Gasteiger charge is -2.08. The Labute approximate surface area is 139 Å². The average Bonchev–Trinajstić information content (AvgIpc) is 2.59. The summed E-state index contributed by atoms with van der Waals surface area (Å²) in [5.74, 6) is -0.101. The predicted molar refractivity (Wildman–Crippen MR) is 91.8 cm³/mol. The van der Waals surface area contributed by atoms with E-state index >= 15 is 0 Å². The fourth-order valence-corrected chi connectivity index (χ4v) is 2.15. The fraction of sp³-hybridized carbons (Fsp3) is 0.235. The number of nitro groups is 1. The standard InChI is InChI=1S/C17H19N3O4/c21-12-13-3-1-4-15(11-13)19-17(22)5-2-10-18-14-6-8-16(9-7-14)20(23)24/h1,3-4,6-9,11,18,21H,2,5,10,12H2,(H,19,22). The van der Waals surface area contributed by atoms with Crippen LogP contribution in [-0.4, -0.2) is 22.5 Å². The highest BCUT2D eigenvalue weighted by Gasteiger charge is 2.05. The molecule has 126 valence electrons. The Hall–Kier alpha value is -2.93. The third-order valence-corrected chi connectivity index (χ3v) is 3.38. The van der Waals surface area contributed by atoms with Crippen molar-refractivity contribution < 1.29 is 14.8 Å². The largest absolute Gasteiger partial charge is 0.392 e. The molecule has 0 unspecified atom stereocenters. The van der Waals surface area contributed by atoms with E-state index in [1.807, 2.05) is 0 Å². The number of nitrogens with one attached hydrogen (secondary N) is 2. The van der Waals surface area contributed by atoms with E-state index in [9.17, 15) is 14.9 Å². The van der Waals surface area contributed by atoms with Gasteiger partial charge in [0.05, 0.1) is 11.5 Å². The van der Waals surface area contributed by atoms with Crippen molar-refractivity contribution in [3.05, 3.63) is 64.2 Å². The summed E-state index contributed by atoms with van der Waals surface area (Å²) in [6.45, 7) is 0.519. The second-order valence-corrected chi connectivity index (χ2v) is 5.24. The third kappa shape index (κ3) is 5.36. The molecule has 7 heteroatoms. The Morgan fingerprint density at radius 3 is 2.54 bits per heavy atom. The van der Waals surface area contributed by atoms with E-state index in [2.05, 4.69) is 10.6 Å². The Morgan fingerprint density at radius 2 is 1.88 bits per heavy atom. The summed E-state index contributed by atoms with van der Waals surface area (Å²) in [4.78, 5) is 22.0. The monoisotopic (exact) mass is 329 g/mol. The van der Waals surface area contributed by atoms with Gasteiger partial charge in [-0.1, -0.05) is 12.1 Å². The van der Waals surface area contributed by atoms with Crippen LogP contribution in [-0.2, 0) is 11.4 Å². The first-order valence-corrected chi connectivity index (χ1v) is 7.56. The smallest absolute Gasteiger partial charge is 0.269 e. The number of benzene rings is 2. The maximum absolute atomic E-state index is 11.9. The fourth-order valence-electron chi connectivity index (χ4n) is 2.15. The van der Waals surface area contributed by atoms with E-state index in [0.29, 0.717) is 25.1 Å². The van der Waals surface area contributed by atoms with E-state index in [1.54, 1.807) is 36.4 Å². The molecule has 0 aliphatic rings. The number of nitrogens with zero attached hydrogens (tertiary/aromatic N) is 1. The summed E-state index contributed by atoms with van der Waals surface area (Å²) in [6, 6.07) is 13.2. The van der Waals surface area contributed by atoms with E-state index in [1.165, 1.54) is 12.1 Å². The van der Waals surface area contributed by atoms with Crippen LogP contribution in [0.5, 0.6) is 0 Å². The molecule has 0 saturated heterocycles. The Balaban J connectivity index is 1.71. The van der Waals surface area contributed by atoms with Crippen molar-refractivity contribution in [3.63, 3.8) is 0 Å². The summed E-state index contributed by atoms with van der Waals surface area (Å²) in [5, 5.41) is 25.5. The number of rotatable bonds is 8. The highest BCUT2D eigenvalue weighted by Crippen LogP contribution is 2.15. The minimum Gasteiger partial charge on any atom is -0.392 e. The van der Waals surface area contributed by atoms with Gasteiger partial charge < -0.3 is 15.7 Å². The normalized spacial score (nSPS) is 10.2. The molecule has 1 amide bonds. The van der Waals surface area contributed by atoms with E-state index < -0.39 is 4.92 Å². The Kier molecular flexibility index (Phi) is 6.27. The van der Waals surface area contributed by atoms with Gasteiger partial charge in [0, 0.05) is 36.5 Å². The van der Waals surface area contributed by atoms with Crippen molar-refractivity contribution in [3.8, 4) is 0 Å². The quantitative estimate of drug-likeness (QED) is 0.392. The van der Waals surface area contributed by atoms with Crippen LogP contribution in [0.25, 0.3) is 0 Å². The van der Waals surface area contributed by atoms with Crippen molar-refractivity contribution in [2.45, 2.75) is 19.4 Å². The molecule has 2 aromatic rings. The van der Waals surface area contributed by atoms with E-state index in [-0.39, 0.29) is 18.2 Å². The van der Waals surface area contributed by atoms with Crippen LogP contribution < -0.4 is 10.6 Å². The maximum atomic E-state index is 11.9.